The van der Waals surface area contributed by atoms with Crippen LogP contribution in [0, 0.1) is 5.41 Å². The molecule has 1 fully saturated rings. The first-order valence-electron chi connectivity index (χ1n) is 7.79. The van der Waals surface area contributed by atoms with Gasteiger partial charge in [0.05, 0.1) is 17.7 Å². The molecule has 2 aromatic rings. The van der Waals surface area contributed by atoms with Crippen LogP contribution in [-0.2, 0) is 16.1 Å². The second-order valence-electron chi connectivity index (χ2n) is 5.79. The Hall–Kier alpha value is -2.18. The molecule has 0 unspecified atom stereocenters. The summed E-state index contributed by atoms with van der Waals surface area (Å²) in [6.07, 6.45) is 2.88. The molecule has 1 aromatic carbocycles. The molecular weight excluding hydrogens is 294 g/mol. The molecular formula is C17H21N3O3. The molecule has 2 heterocycles. The Kier molecular flexibility index (Phi) is 4.73. The van der Waals surface area contributed by atoms with Crippen LogP contribution in [0.1, 0.15) is 18.5 Å². The van der Waals surface area contributed by atoms with E-state index >= 15 is 0 Å². The Bertz CT molecular complexity index is 648. The minimum Gasteiger partial charge on any atom is -0.444 e. The highest BCUT2D eigenvalue weighted by atomic mass is 16.5. The quantitative estimate of drug-likeness (QED) is 0.876. The van der Waals surface area contributed by atoms with Crippen molar-refractivity contribution in [3.63, 3.8) is 0 Å². The predicted molar refractivity (Wildman–Crippen MR) is 85.3 cm³/mol. The number of rotatable bonds is 5. The molecule has 3 rings (SSSR count). The Morgan fingerprint density at radius 1 is 1.26 bits per heavy atom. The molecule has 1 amide bonds. The molecule has 6 heteroatoms. The van der Waals surface area contributed by atoms with Crippen LogP contribution in [0.15, 0.2) is 41.0 Å². The molecule has 0 saturated carbocycles. The van der Waals surface area contributed by atoms with E-state index in [1.807, 2.05) is 30.3 Å². The van der Waals surface area contributed by atoms with Gasteiger partial charge in [-0.1, -0.05) is 18.2 Å². The van der Waals surface area contributed by atoms with Crippen molar-refractivity contribution >= 4 is 5.91 Å². The SMILES string of the molecule is NCC1(C(=O)NCc2coc(-c3ccccc3)n2)CCOCC1. The molecule has 0 radical (unpaired) electrons. The first-order chi connectivity index (χ1) is 11.2. The van der Waals surface area contributed by atoms with Gasteiger partial charge in [0, 0.05) is 25.3 Å². The van der Waals surface area contributed by atoms with Gasteiger partial charge < -0.3 is 20.2 Å². The number of nitrogens with zero attached hydrogens (tertiary/aromatic N) is 1. The monoisotopic (exact) mass is 315 g/mol. The fourth-order valence-corrected chi connectivity index (χ4v) is 2.75. The fraction of sp³-hybridized carbons (Fsp3) is 0.412. The van der Waals surface area contributed by atoms with Gasteiger partial charge >= 0.3 is 0 Å². The van der Waals surface area contributed by atoms with Crippen molar-refractivity contribution in [2.45, 2.75) is 19.4 Å². The number of hydrogen-bond donors (Lipinski definition) is 2. The largest absolute Gasteiger partial charge is 0.444 e. The molecule has 3 N–H and O–H groups in total. The van der Waals surface area contributed by atoms with Gasteiger partial charge in [-0.15, -0.1) is 0 Å². The van der Waals surface area contributed by atoms with Crippen molar-refractivity contribution in [1.29, 1.82) is 0 Å². The Morgan fingerprint density at radius 3 is 2.70 bits per heavy atom. The average molecular weight is 315 g/mol. The van der Waals surface area contributed by atoms with Gasteiger partial charge in [0.1, 0.15) is 6.26 Å². The summed E-state index contributed by atoms with van der Waals surface area (Å²) in [7, 11) is 0. The van der Waals surface area contributed by atoms with Crippen molar-refractivity contribution < 1.29 is 13.9 Å². The summed E-state index contributed by atoms with van der Waals surface area (Å²) in [5.74, 6) is 0.516. The van der Waals surface area contributed by atoms with Crippen LogP contribution in [-0.4, -0.2) is 30.6 Å². The summed E-state index contributed by atoms with van der Waals surface area (Å²) >= 11 is 0. The van der Waals surface area contributed by atoms with Crippen LogP contribution in [0.2, 0.25) is 0 Å². The summed E-state index contributed by atoms with van der Waals surface area (Å²) in [6.45, 7) is 1.81. The molecule has 0 spiro atoms. The van der Waals surface area contributed by atoms with Gasteiger partial charge in [-0.25, -0.2) is 4.98 Å². The zero-order chi connectivity index (χ0) is 16.1. The standard InChI is InChI=1S/C17H21N3O3/c18-12-17(6-8-22-9-7-17)16(21)19-10-14-11-23-15(20-14)13-4-2-1-3-5-13/h1-5,11H,6-10,12,18H2,(H,19,21). The van der Waals surface area contributed by atoms with Crippen molar-refractivity contribution in [3.05, 3.63) is 42.3 Å². The molecule has 0 bridgehead atoms. The highest BCUT2D eigenvalue weighted by Crippen LogP contribution is 2.29. The second-order valence-corrected chi connectivity index (χ2v) is 5.79. The van der Waals surface area contributed by atoms with Crippen LogP contribution in [0.25, 0.3) is 11.5 Å². The number of ether oxygens (including phenoxy) is 1. The third kappa shape index (κ3) is 3.43. The third-order valence-electron chi connectivity index (χ3n) is 4.32. The molecule has 23 heavy (non-hydrogen) atoms. The minimum absolute atomic E-state index is 0.0347. The van der Waals surface area contributed by atoms with Gasteiger partial charge in [0.15, 0.2) is 0 Å². The number of nitrogens with two attached hydrogens (primary N) is 1. The number of benzene rings is 1. The molecule has 122 valence electrons. The van der Waals surface area contributed by atoms with Crippen LogP contribution in [0.3, 0.4) is 0 Å². The van der Waals surface area contributed by atoms with Crippen molar-refractivity contribution in [3.8, 4) is 11.5 Å². The molecule has 1 aromatic heterocycles. The molecule has 0 aliphatic carbocycles. The smallest absolute Gasteiger partial charge is 0.227 e. The van der Waals surface area contributed by atoms with Crippen molar-refractivity contribution in [2.75, 3.05) is 19.8 Å². The lowest BCUT2D eigenvalue weighted by Gasteiger charge is -2.34. The number of hydrogen-bond acceptors (Lipinski definition) is 5. The maximum absolute atomic E-state index is 12.5. The number of aromatic nitrogens is 1. The summed E-state index contributed by atoms with van der Waals surface area (Å²) in [6, 6.07) is 9.65. The van der Waals surface area contributed by atoms with E-state index in [9.17, 15) is 4.79 Å². The minimum atomic E-state index is -0.524. The van der Waals surface area contributed by atoms with E-state index in [0.29, 0.717) is 50.7 Å². The summed E-state index contributed by atoms with van der Waals surface area (Å²) in [5.41, 5.74) is 6.92. The Labute approximate surface area is 135 Å². The first-order valence-corrected chi connectivity index (χ1v) is 7.79. The maximum atomic E-state index is 12.5. The summed E-state index contributed by atoms with van der Waals surface area (Å²) in [4.78, 5) is 16.9. The number of oxazole rings is 1. The van der Waals surface area contributed by atoms with Gasteiger partial charge in [-0.3, -0.25) is 4.79 Å². The Morgan fingerprint density at radius 2 is 2.00 bits per heavy atom. The first kappa shape index (κ1) is 15.7. The van der Waals surface area contributed by atoms with E-state index in [0.717, 1.165) is 5.56 Å². The highest BCUT2D eigenvalue weighted by Gasteiger charge is 2.38. The number of carbonyl (C=O) groups excluding carboxylic acids is 1. The summed E-state index contributed by atoms with van der Waals surface area (Å²) in [5, 5.41) is 2.93. The van der Waals surface area contributed by atoms with E-state index in [1.54, 1.807) is 6.26 Å². The fourth-order valence-electron chi connectivity index (χ4n) is 2.75. The lowest BCUT2D eigenvalue weighted by molar-refractivity contribution is -0.136. The van der Waals surface area contributed by atoms with E-state index in [1.165, 1.54) is 0 Å². The van der Waals surface area contributed by atoms with Gasteiger partial charge in [-0.2, -0.15) is 0 Å². The number of amides is 1. The van der Waals surface area contributed by atoms with Crippen LogP contribution < -0.4 is 11.1 Å². The molecule has 1 aliphatic rings. The lowest BCUT2D eigenvalue weighted by atomic mass is 9.79. The highest BCUT2D eigenvalue weighted by molar-refractivity contribution is 5.83. The normalized spacial score (nSPS) is 16.9. The molecule has 1 saturated heterocycles. The zero-order valence-corrected chi connectivity index (χ0v) is 13.0. The van der Waals surface area contributed by atoms with Gasteiger partial charge in [-0.05, 0) is 25.0 Å². The molecule has 6 nitrogen and oxygen atoms in total. The van der Waals surface area contributed by atoms with E-state index < -0.39 is 5.41 Å². The zero-order valence-electron chi connectivity index (χ0n) is 13.0. The molecule has 0 atom stereocenters. The Balaban J connectivity index is 1.62. The van der Waals surface area contributed by atoms with E-state index in [2.05, 4.69) is 10.3 Å². The maximum Gasteiger partial charge on any atom is 0.227 e. The summed E-state index contributed by atoms with van der Waals surface area (Å²) < 4.78 is 10.8. The van der Waals surface area contributed by atoms with Gasteiger partial charge in [0.25, 0.3) is 0 Å². The lowest BCUT2D eigenvalue weighted by Crippen LogP contribution is -2.49. The predicted octanol–water partition coefficient (Wildman–Crippen LogP) is 1.71. The van der Waals surface area contributed by atoms with Crippen LogP contribution >= 0.6 is 0 Å². The van der Waals surface area contributed by atoms with Crippen molar-refractivity contribution in [1.82, 2.24) is 10.3 Å². The third-order valence-corrected chi connectivity index (χ3v) is 4.32. The molecule has 1 aliphatic heterocycles. The average Bonchev–Trinajstić information content (AvgIpc) is 3.10. The van der Waals surface area contributed by atoms with E-state index in [4.69, 9.17) is 14.9 Å². The van der Waals surface area contributed by atoms with Gasteiger partial charge in [0.2, 0.25) is 11.8 Å². The number of carbonyl (C=O) groups is 1. The second kappa shape index (κ2) is 6.93. The topological polar surface area (TPSA) is 90.4 Å². The van der Waals surface area contributed by atoms with Crippen LogP contribution in [0.4, 0.5) is 0 Å². The number of nitrogens with one attached hydrogen (secondary N) is 1. The van der Waals surface area contributed by atoms with Crippen LogP contribution in [0.5, 0.6) is 0 Å². The van der Waals surface area contributed by atoms with Crippen molar-refractivity contribution in [2.24, 2.45) is 11.1 Å². The van der Waals surface area contributed by atoms with E-state index in [-0.39, 0.29) is 5.91 Å².